The SMILES string of the molecule is COCc1ccc(OC(F)(F)F)c(CNC(=O)Nc2c(C)c(OC[C@@H]3COCCN3C)nn2-c2ccccc2)c1. The monoisotopic (exact) mass is 563 g/mol. The number of carbonyl (C=O) groups is 1. The zero-order valence-electron chi connectivity index (χ0n) is 22.5. The summed E-state index contributed by atoms with van der Waals surface area (Å²) in [5, 5.41) is 9.95. The number of morpholine rings is 1. The summed E-state index contributed by atoms with van der Waals surface area (Å²) in [6, 6.07) is 12.7. The number of urea groups is 1. The van der Waals surface area contributed by atoms with Gasteiger partial charge in [-0.25, -0.2) is 9.48 Å². The molecule has 3 aromatic rings. The van der Waals surface area contributed by atoms with E-state index in [-0.39, 0.29) is 24.8 Å². The van der Waals surface area contributed by atoms with Crippen LogP contribution >= 0.6 is 0 Å². The Morgan fingerprint density at radius 2 is 1.98 bits per heavy atom. The van der Waals surface area contributed by atoms with E-state index in [1.54, 1.807) is 11.6 Å². The van der Waals surface area contributed by atoms with Crippen LogP contribution in [0.3, 0.4) is 0 Å². The second-order valence-corrected chi connectivity index (χ2v) is 9.28. The highest BCUT2D eigenvalue weighted by Crippen LogP contribution is 2.30. The van der Waals surface area contributed by atoms with Crippen molar-refractivity contribution in [1.82, 2.24) is 20.0 Å². The highest BCUT2D eigenvalue weighted by molar-refractivity contribution is 5.89. The lowest BCUT2D eigenvalue weighted by Gasteiger charge is -2.31. The van der Waals surface area contributed by atoms with Crippen molar-refractivity contribution < 1.29 is 36.9 Å². The fraction of sp³-hybridized carbons (Fsp3) is 0.407. The van der Waals surface area contributed by atoms with Gasteiger partial charge in [-0.2, -0.15) is 0 Å². The maximum atomic E-state index is 13.0. The molecule has 0 aliphatic carbocycles. The standard InChI is InChI=1S/C27H32F3N5O5/c1-18-24(32-26(36)31-14-20-13-19(15-37-3)9-10-23(20)40-27(28,29)30)35(21-7-5-4-6-8-21)33-25(18)39-17-22-16-38-12-11-34(22)2/h4-10,13,22H,11-12,14-17H2,1-3H3,(H2,31,32,36)/t22-/m0/s1. The molecule has 2 N–H and O–H groups in total. The first-order valence-corrected chi connectivity index (χ1v) is 12.6. The number of anilines is 1. The van der Waals surface area contributed by atoms with Crippen molar-refractivity contribution in [3.63, 3.8) is 0 Å². The highest BCUT2D eigenvalue weighted by atomic mass is 19.4. The van der Waals surface area contributed by atoms with Gasteiger partial charge in [-0.3, -0.25) is 10.2 Å². The van der Waals surface area contributed by atoms with Gasteiger partial charge < -0.3 is 24.3 Å². The lowest BCUT2D eigenvalue weighted by atomic mass is 10.1. The second kappa shape index (κ2) is 13.0. The van der Waals surface area contributed by atoms with E-state index in [1.807, 2.05) is 37.4 Å². The largest absolute Gasteiger partial charge is 0.573 e. The van der Waals surface area contributed by atoms with Gasteiger partial charge in [0.25, 0.3) is 0 Å². The molecule has 2 amide bonds. The summed E-state index contributed by atoms with van der Waals surface area (Å²) in [5.41, 5.74) is 2.03. The van der Waals surface area contributed by atoms with Crippen molar-refractivity contribution in [2.75, 3.05) is 45.8 Å². The minimum Gasteiger partial charge on any atom is -0.475 e. The smallest absolute Gasteiger partial charge is 0.475 e. The van der Waals surface area contributed by atoms with Crippen molar-refractivity contribution in [1.29, 1.82) is 0 Å². The van der Waals surface area contributed by atoms with Crippen LogP contribution in [0.1, 0.15) is 16.7 Å². The third-order valence-electron chi connectivity index (χ3n) is 6.35. The van der Waals surface area contributed by atoms with Gasteiger partial charge in [0.15, 0.2) is 0 Å². The van der Waals surface area contributed by atoms with Crippen LogP contribution in [0.5, 0.6) is 11.6 Å². The number of rotatable bonds is 10. The van der Waals surface area contributed by atoms with E-state index >= 15 is 0 Å². The van der Waals surface area contributed by atoms with Gasteiger partial charge in [-0.05, 0) is 43.8 Å². The molecule has 4 rings (SSSR count). The molecule has 40 heavy (non-hydrogen) atoms. The first-order valence-electron chi connectivity index (χ1n) is 12.6. The van der Waals surface area contributed by atoms with E-state index in [1.165, 1.54) is 25.3 Å². The zero-order chi connectivity index (χ0) is 28.7. The Kier molecular flexibility index (Phi) is 9.50. The number of nitrogens with one attached hydrogen (secondary N) is 2. The predicted octanol–water partition coefficient (Wildman–Crippen LogP) is 4.26. The lowest BCUT2D eigenvalue weighted by molar-refractivity contribution is -0.274. The fourth-order valence-electron chi connectivity index (χ4n) is 4.18. The van der Waals surface area contributed by atoms with Crippen LogP contribution in [-0.4, -0.2) is 73.6 Å². The molecule has 2 heterocycles. The summed E-state index contributed by atoms with van der Waals surface area (Å²) in [7, 11) is 3.47. The predicted molar refractivity (Wildman–Crippen MR) is 141 cm³/mol. The molecule has 0 bridgehead atoms. The number of amides is 2. The normalized spacial score (nSPS) is 16.0. The number of benzene rings is 2. The molecule has 216 valence electrons. The average Bonchev–Trinajstić information content (AvgIpc) is 3.22. The summed E-state index contributed by atoms with van der Waals surface area (Å²) >= 11 is 0. The summed E-state index contributed by atoms with van der Waals surface area (Å²) in [6.45, 7) is 4.06. The number of hydrogen-bond acceptors (Lipinski definition) is 7. The maximum Gasteiger partial charge on any atom is 0.573 e. The van der Waals surface area contributed by atoms with Gasteiger partial charge in [0.2, 0.25) is 5.88 Å². The molecule has 1 aromatic heterocycles. The number of ether oxygens (including phenoxy) is 4. The highest BCUT2D eigenvalue weighted by Gasteiger charge is 2.32. The van der Waals surface area contributed by atoms with E-state index in [0.717, 1.165) is 6.54 Å². The van der Waals surface area contributed by atoms with Crippen LogP contribution in [0.25, 0.3) is 5.69 Å². The van der Waals surface area contributed by atoms with Crippen molar-refractivity contribution in [2.24, 2.45) is 0 Å². The Bertz CT molecular complexity index is 1290. The first kappa shape index (κ1) is 29.2. The molecule has 1 fully saturated rings. The van der Waals surface area contributed by atoms with Gasteiger partial charge >= 0.3 is 12.4 Å². The summed E-state index contributed by atoms with van der Waals surface area (Å²) < 4.78 is 61.1. The number of para-hydroxylation sites is 1. The van der Waals surface area contributed by atoms with Gasteiger partial charge in [-0.15, -0.1) is 18.3 Å². The Balaban J connectivity index is 1.52. The van der Waals surface area contributed by atoms with Crippen molar-refractivity contribution in [3.05, 3.63) is 65.2 Å². The van der Waals surface area contributed by atoms with Crippen molar-refractivity contribution >= 4 is 11.8 Å². The van der Waals surface area contributed by atoms with E-state index in [4.69, 9.17) is 14.2 Å². The number of halogens is 3. The third-order valence-corrected chi connectivity index (χ3v) is 6.35. The molecule has 0 radical (unpaired) electrons. The molecule has 0 saturated carbocycles. The number of methoxy groups -OCH3 is 1. The minimum absolute atomic E-state index is 0.0525. The van der Waals surface area contributed by atoms with Crippen molar-refractivity contribution in [3.8, 4) is 17.3 Å². The first-order chi connectivity index (χ1) is 19.1. The zero-order valence-corrected chi connectivity index (χ0v) is 22.5. The van der Waals surface area contributed by atoms with Crippen LogP contribution in [0.2, 0.25) is 0 Å². The Morgan fingerprint density at radius 3 is 2.67 bits per heavy atom. The molecule has 13 heteroatoms. The van der Waals surface area contributed by atoms with Crippen LogP contribution < -0.4 is 20.1 Å². The molecular weight excluding hydrogens is 531 g/mol. The number of likely N-dealkylation sites (N-methyl/N-ethyl adjacent to an activating group) is 1. The molecule has 10 nitrogen and oxygen atoms in total. The molecule has 1 atom stereocenters. The third kappa shape index (κ3) is 7.64. The van der Waals surface area contributed by atoms with Crippen molar-refractivity contribution in [2.45, 2.75) is 32.5 Å². The molecule has 2 aromatic carbocycles. The molecular formula is C27H32F3N5O5. The molecule has 1 saturated heterocycles. The Hall–Kier alpha value is -3.81. The number of hydrogen-bond donors (Lipinski definition) is 2. The molecule has 1 aliphatic rings. The van der Waals surface area contributed by atoms with Crippen LogP contribution in [-0.2, 0) is 22.6 Å². The Labute approximate surface area is 229 Å². The van der Waals surface area contributed by atoms with Crippen LogP contribution in [0.4, 0.5) is 23.8 Å². The lowest BCUT2D eigenvalue weighted by Crippen LogP contribution is -2.46. The Morgan fingerprint density at radius 1 is 1.20 bits per heavy atom. The maximum absolute atomic E-state index is 13.0. The minimum atomic E-state index is -4.88. The number of nitrogens with zero attached hydrogens (tertiary/aromatic N) is 3. The van der Waals surface area contributed by atoms with E-state index in [2.05, 4.69) is 25.4 Å². The number of alkyl halides is 3. The summed E-state index contributed by atoms with van der Waals surface area (Å²) in [6.07, 6.45) is -4.88. The van der Waals surface area contributed by atoms with Gasteiger partial charge in [-0.1, -0.05) is 24.3 Å². The van der Waals surface area contributed by atoms with E-state index in [0.29, 0.717) is 48.3 Å². The second-order valence-electron chi connectivity index (χ2n) is 9.28. The van der Waals surface area contributed by atoms with Gasteiger partial charge in [0, 0.05) is 25.8 Å². The fourth-order valence-corrected chi connectivity index (χ4v) is 4.18. The number of aromatic nitrogens is 2. The molecule has 1 aliphatic heterocycles. The topological polar surface area (TPSA) is 99.1 Å². The van der Waals surface area contributed by atoms with E-state index < -0.39 is 18.1 Å². The average molecular weight is 564 g/mol. The molecule has 0 unspecified atom stereocenters. The van der Waals surface area contributed by atoms with E-state index in [9.17, 15) is 18.0 Å². The summed E-state index contributed by atoms with van der Waals surface area (Å²) in [4.78, 5) is 15.1. The quantitative estimate of drug-likeness (QED) is 0.381. The van der Waals surface area contributed by atoms with Crippen LogP contribution in [0.15, 0.2) is 48.5 Å². The number of carbonyl (C=O) groups excluding carboxylic acids is 1. The van der Waals surface area contributed by atoms with Gasteiger partial charge in [0.05, 0.1) is 37.1 Å². The molecule has 0 spiro atoms. The van der Waals surface area contributed by atoms with Gasteiger partial charge in [0.1, 0.15) is 18.2 Å². The van der Waals surface area contributed by atoms with Crippen LogP contribution in [0, 0.1) is 6.92 Å². The summed E-state index contributed by atoms with van der Waals surface area (Å²) in [5.74, 6) is 0.281.